The third-order valence-corrected chi connectivity index (χ3v) is 7.90. The highest BCUT2D eigenvalue weighted by Crippen LogP contribution is 2.31. The average molecular weight is 545 g/mol. The van der Waals surface area contributed by atoms with Gasteiger partial charge < -0.3 is 10.1 Å². The van der Waals surface area contributed by atoms with Gasteiger partial charge in [-0.25, -0.2) is 8.42 Å². The minimum absolute atomic E-state index is 0.0484. The average Bonchev–Trinajstić information content (AvgIpc) is 2.79. The lowest BCUT2D eigenvalue weighted by atomic mass is 9.98. The van der Waals surface area contributed by atoms with E-state index in [1.807, 2.05) is 44.2 Å². The number of nitrogens with one attached hydrogen (secondary N) is 1. The molecule has 0 radical (unpaired) electrons. The van der Waals surface area contributed by atoms with Gasteiger partial charge in [0.1, 0.15) is 12.3 Å². The van der Waals surface area contributed by atoms with Crippen molar-refractivity contribution in [3.63, 3.8) is 0 Å². The van der Waals surface area contributed by atoms with Gasteiger partial charge in [0.05, 0.1) is 22.2 Å². The van der Waals surface area contributed by atoms with Gasteiger partial charge in [-0.2, -0.15) is 0 Å². The molecule has 1 N–H and O–H groups in total. The van der Waals surface area contributed by atoms with Crippen LogP contribution in [-0.4, -0.2) is 28.0 Å². The number of carbonyl (C=O) groups excluding carboxylic acids is 1. The molecule has 0 aromatic heterocycles. The monoisotopic (exact) mass is 544 g/mol. The maximum absolute atomic E-state index is 13.7. The van der Waals surface area contributed by atoms with E-state index >= 15 is 0 Å². The minimum Gasteiger partial charge on any atom is -0.496 e. The van der Waals surface area contributed by atoms with E-state index in [0.29, 0.717) is 15.9 Å². The Kier molecular flexibility index (Phi) is 8.05. The lowest BCUT2D eigenvalue weighted by molar-refractivity contribution is -0.114. The molecule has 180 valence electrons. The Morgan fingerprint density at radius 1 is 1.06 bits per heavy atom. The summed E-state index contributed by atoms with van der Waals surface area (Å²) >= 11 is 3.35. The van der Waals surface area contributed by atoms with Crippen molar-refractivity contribution in [2.45, 2.75) is 38.5 Å². The maximum Gasteiger partial charge on any atom is 0.264 e. The second-order valence-corrected chi connectivity index (χ2v) is 11.1. The van der Waals surface area contributed by atoms with E-state index in [1.165, 1.54) is 19.2 Å². The van der Waals surface area contributed by atoms with Crippen LogP contribution in [0.5, 0.6) is 5.75 Å². The highest BCUT2D eigenvalue weighted by molar-refractivity contribution is 9.10. The molecule has 0 saturated heterocycles. The molecule has 0 atom stereocenters. The first-order valence-electron chi connectivity index (χ1n) is 10.9. The van der Waals surface area contributed by atoms with Crippen LogP contribution in [0.25, 0.3) is 0 Å². The summed E-state index contributed by atoms with van der Waals surface area (Å²) in [7, 11) is -2.54. The van der Waals surface area contributed by atoms with Crippen molar-refractivity contribution >= 4 is 43.2 Å². The van der Waals surface area contributed by atoms with Gasteiger partial charge in [-0.15, -0.1) is 0 Å². The fraction of sp³-hybridized carbons (Fsp3) is 0.269. The van der Waals surface area contributed by atoms with Gasteiger partial charge in [0.2, 0.25) is 5.91 Å². The predicted molar refractivity (Wildman–Crippen MR) is 140 cm³/mol. The van der Waals surface area contributed by atoms with Gasteiger partial charge in [-0.05, 0) is 77.2 Å². The minimum atomic E-state index is -4.05. The number of benzene rings is 3. The fourth-order valence-electron chi connectivity index (χ4n) is 3.61. The van der Waals surface area contributed by atoms with Crippen molar-refractivity contribution < 1.29 is 17.9 Å². The van der Waals surface area contributed by atoms with E-state index in [9.17, 15) is 13.2 Å². The van der Waals surface area contributed by atoms with Crippen molar-refractivity contribution in [3.8, 4) is 5.75 Å². The van der Waals surface area contributed by atoms with Gasteiger partial charge in [0, 0.05) is 5.69 Å². The SMILES string of the molecule is COc1ccc(S(=O)(=O)N(CC(=O)Nc2c(C)cccc2C(C)C)c2ccc(C)cc2)cc1Br. The Morgan fingerprint density at radius 3 is 2.32 bits per heavy atom. The van der Waals surface area contributed by atoms with Crippen molar-refractivity contribution in [1.29, 1.82) is 0 Å². The Hall–Kier alpha value is -2.84. The van der Waals surface area contributed by atoms with Crippen LogP contribution in [0.1, 0.15) is 36.5 Å². The van der Waals surface area contributed by atoms with E-state index in [2.05, 4.69) is 35.1 Å². The van der Waals surface area contributed by atoms with E-state index in [0.717, 1.165) is 26.7 Å². The van der Waals surface area contributed by atoms with Gasteiger partial charge in [-0.1, -0.05) is 49.7 Å². The predicted octanol–water partition coefficient (Wildman–Crippen LogP) is 6.03. The number of methoxy groups -OCH3 is 1. The van der Waals surface area contributed by atoms with Crippen LogP contribution in [0.4, 0.5) is 11.4 Å². The molecule has 3 aromatic carbocycles. The molecule has 0 aliphatic rings. The molecule has 0 saturated carbocycles. The zero-order valence-electron chi connectivity index (χ0n) is 19.9. The van der Waals surface area contributed by atoms with Crippen LogP contribution in [-0.2, 0) is 14.8 Å². The fourth-order valence-corrected chi connectivity index (χ4v) is 5.75. The first-order valence-corrected chi connectivity index (χ1v) is 13.1. The van der Waals surface area contributed by atoms with Gasteiger partial charge in [0.25, 0.3) is 10.0 Å². The van der Waals surface area contributed by atoms with Crippen LogP contribution in [0.15, 0.2) is 70.0 Å². The maximum atomic E-state index is 13.7. The molecule has 3 rings (SSSR count). The molecule has 0 spiro atoms. The molecule has 0 aliphatic heterocycles. The first-order chi connectivity index (χ1) is 16.0. The number of rotatable bonds is 8. The van der Waals surface area contributed by atoms with Crippen LogP contribution >= 0.6 is 15.9 Å². The van der Waals surface area contributed by atoms with Gasteiger partial charge >= 0.3 is 0 Å². The number of ether oxygens (including phenoxy) is 1. The number of halogens is 1. The number of anilines is 2. The normalized spacial score (nSPS) is 11.4. The molecule has 1 amide bonds. The summed E-state index contributed by atoms with van der Waals surface area (Å²) in [5.41, 5.74) is 4.03. The van der Waals surface area contributed by atoms with Crippen molar-refractivity contribution in [2.24, 2.45) is 0 Å². The zero-order chi connectivity index (χ0) is 25.0. The summed E-state index contributed by atoms with van der Waals surface area (Å²) in [4.78, 5) is 13.2. The third kappa shape index (κ3) is 5.62. The number of amides is 1. The topological polar surface area (TPSA) is 75.7 Å². The second-order valence-electron chi connectivity index (χ2n) is 8.39. The molecule has 0 aliphatic carbocycles. The first kappa shape index (κ1) is 25.8. The molecule has 3 aromatic rings. The summed E-state index contributed by atoms with van der Waals surface area (Å²) in [6, 6.07) is 17.4. The Bertz CT molecular complexity index is 1290. The molecule has 6 nitrogen and oxygen atoms in total. The summed E-state index contributed by atoms with van der Waals surface area (Å²) in [5.74, 6) is 0.288. The smallest absolute Gasteiger partial charge is 0.264 e. The van der Waals surface area contributed by atoms with Crippen LogP contribution < -0.4 is 14.4 Å². The molecule has 34 heavy (non-hydrogen) atoms. The number of para-hydroxylation sites is 1. The second kappa shape index (κ2) is 10.6. The molecule has 8 heteroatoms. The van der Waals surface area contributed by atoms with E-state index in [-0.39, 0.29) is 17.4 Å². The van der Waals surface area contributed by atoms with E-state index in [4.69, 9.17) is 4.74 Å². The number of sulfonamides is 1. The molecule has 0 bridgehead atoms. The molecule has 0 heterocycles. The van der Waals surface area contributed by atoms with E-state index < -0.39 is 15.9 Å². The largest absolute Gasteiger partial charge is 0.496 e. The van der Waals surface area contributed by atoms with Gasteiger partial charge in [0.15, 0.2) is 0 Å². The Morgan fingerprint density at radius 2 is 1.74 bits per heavy atom. The summed E-state index contributed by atoms with van der Waals surface area (Å²) < 4.78 is 34.2. The zero-order valence-corrected chi connectivity index (χ0v) is 22.3. The molecule has 0 fully saturated rings. The van der Waals surface area contributed by atoms with Crippen molar-refractivity contribution in [3.05, 3.63) is 81.8 Å². The van der Waals surface area contributed by atoms with Crippen LogP contribution in [0.2, 0.25) is 0 Å². The summed E-state index contributed by atoms with van der Waals surface area (Å²) in [6.07, 6.45) is 0. The van der Waals surface area contributed by atoms with E-state index in [1.54, 1.807) is 18.2 Å². The quantitative estimate of drug-likeness (QED) is 0.375. The number of hydrogen-bond donors (Lipinski definition) is 1. The number of aryl methyl sites for hydroxylation is 2. The number of nitrogens with zero attached hydrogens (tertiary/aromatic N) is 1. The summed E-state index contributed by atoms with van der Waals surface area (Å²) in [5, 5.41) is 2.95. The van der Waals surface area contributed by atoms with Crippen LogP contribution in [0.3, 0.4) is 0 Å². The molecule has 0 unspecified atom stereocenters. The Balaban J connectivity index is 2.00. The van der Waals surface area contributed by atoms with Gasteiger partial charge in [-0.3, -0.25) is 9.10 Å². The summed E-state index contributed by atoms with van der Waals surface area (Å²) in [6.45, 7) is 7.57. The molecular formula is C26H29BrN2O4S. The van der Waals surface area contributed by atoms with Crippen LogP contribution in [0, 0.1) is 13.8 Å². The lowest BCUT2D eigenvalue weighted by Gasteiger charge is -2.25. The number of carbonyl (C=O) groups is 1. The standard InChI is InChI=1S/C26H29BrN2O4S/c1-17(2)22-8-6-7-19(4)26(22)28-25(30)16-29(20-11-9-18(3)10-12-20)34(31,32)21-13-14-24(33-5)23(27)15-21/h6-15,17H,16H2,1-5H3,(H,28,30). The Labute approximate surface area is 210 Å². The highest BCUT2D eigenvalue weighted by Gasteiger charge is 2.28. The lowest BCUT2D eigenvalue weighted by Crippen LogP contribution is -2.38. The van der Waals surface area contributed by atoms with Crippen molar-refractivity contribution in [2.75, 3.05) is 23.3 Å². The third-order valence-electron chi connectivity index (χ3n) is 5.51. The number of hydrogen-bond acceptors (Lipinski definition) is 4. The molecular weight excluding hydrogens is 516 g/mol. The van der Waals surface area contributed by atoms with Crippen molar-refractivity contribution in [1.82, 2.24) is 0 Å². The highest BCUT2D eigenvalue weighted by atomic mass is 79.9.